The Kier molecular flexibility index (Phi) is 4.95. The van der Waals surface area contributed by atoms with Crippen LogP contribution in [0.3, 0.4) is 0 Å². The molecule has 0 bridgehead atoms. The first kappa shape index (κ1) is 16.3. The molecule has 0 radical (unpaired) electrons. The summed E-state index contributed by atoms with van der Waals surface area (Å²) in [5.41, 5.74) is 0. The fourth-order valence-electron chi connectivity index (χ4n) is 2.09. The van der Waals surface area contributed by atoms with E-state index in [1.54, 1.807) is 13.8 Å². The van der Waals surface area contributed by atoms with Gasteiger partial charge in [0.05, 0.1) is 0 Å². The molecule has 0 saturated carbocycles. The van der Waals surface area contributed by atoms with Crippen molar-refractivity contribution in [3.05, 3.63) is 11.4 Å². The Bertz CT molecular complexity index is 425. The van der Waals surface area contributed by atoms with Gasteiger partial charge in [0.2, 0.25) is 0 Å². The first-order valence-electron chi connectivity index (χ1n) is 6.74. The average Bonchev–Trinajstić information content (AvgIpc) is 3.07. The summed E-state index contributed by atoms with van der Waals surface area (Å²) in [5, 5.41) is -0.184. The van der Waals surface area contributed by atoms with Crippen LogP contribution < -0.4 is 0 Å². The van der Waals surface area contributed by atoms with Crippen LogP contribution in [0.5, 0.6) is 0 Å². The number of hydrogen-bond donors (Lipinski definition) is 0. The molecule has 0 amide bonds. The van der Waals surface area contributed by atoms with E-state index in [4.69, 9.17) is 27.6 Å². The minimum absolute atomic E-state index is 0.130. The van der Waals surface area contributed by atoms with Gasteiger partial charge in [0.1, 0.15) is 0 Å². The molecule has 2 fully saturated rings. The third-order valence-electron chi connectivity index (χ3n) is 2.84. The monoisotopic (exact) mass is 322 g/mol. The van der Waals surface area contributed by atoms with Gasteiger partial charge < -0.3 is 0 Å². The van der Waals surface area contributed by atoms with Crippen LogP contribution in [0.4, 0.5) is 0 Å². The number of rotatable bonds is 5. The molecule has 1 spiro atoms. The van der Waals surface area contributed by atoms with Gasteiger partial charge in [-0.1, -0.05) is 0 Å². The molecule has 9 heteroatoms. The van der Waals surface area contributed by atoms with Gasteiger partial charge in [0.25, 0.3) is 0 Å². The van der Waals surface area contributed by atoms with Crippen molar-refractivity contribution in [2.75, 3.05) is 39.6 Å². The van der Waals surface area contributed by atoms with E-state index in [0.29, 0.717) is 0 Å². The predicted octanol–water partition coefficient (Wildman–Crippen LogP) is 1.30. The predicted molar refractivity (Wildman–Crippen MR) is 72.1 cm³/mol. The van der Waals surface area contributed by atoms with Gasteiger partial charge in [0.15, 0.2) is 0 Å². The van der Waals surface area contributed by atoms with Gasteiger partial charge >= 0.3 is 121 Å². The Hall–Kier alpha value is -1.05. The van der Waals surface area contributed by atoms with E-state index in [9.17, 15) is 9.59 Å². The van der Waals surface area contributed by atoms with Crippen LogP contribution in [0.25, 0.3) is 0 Å². The van der Waals surface area contributed by atoms with Crippen molar-refractivity contribution in [3.8, 4) is 0 Å². The van der Waals surface area contributed by atoms with E-state index < -0.39 is 19.4 Å². The third kappa shape index (κ3) is 2.95. The topological polar surface area (TPSA) is 89.5 Å². The summed E-state index contributed by atoms with van der Waals surface area (Å²) in [6.07, 6.45) is 0.982. The second-order valence-corrected chi connectivity index (χ2v) is 7.29. The Balaban J connectivity index is 2.42. The van der Waals surface area contributed by atoms with Crippen molar-refractivity contribution < 1.29 is 37.2 Å². The van der Waals surface area contributed by atoms with Crippen LogP contribution in [0.1, 0.15) is 13.8 Å². The maximum atomic E-state index is 12.2. The number of carbonyl (C=O) groups excluding carboxylic acids is 2. The molecule has 0 N–H and O–H groups in total. The van der Waals surface area contributed by atoms with E-state index >= 15 is 0 Å². The fraction of sp³-hybridized carbons (Fsp3) is 0.667. The van der Waals surface area contributed by atoms with Gasteiger partial charge in [-0.2, -0.15) is 0 Å². The summed E-state index contributed by atoms with van der Waals surface area (Å²) < 4.78 is 32.1. The Morgan fingerprint density at radius 3 is 1.86 bits per heavy atom. The molecule has 0 aromatic carbocycles. The van der Waals surface area contributed by atoms with Crippen molar-refractivity contribution in [1.82, 2.24) is 0 Å². The number of ether oxygens (including phenoxy) is 2. The third-order valence-corrected chi connectivity index (χ3v) is 6.45. The summed E-state index contributed by atoms with van der Waals surface area (Å²) in [6, 6.07) is 0. The van der Waals surface area contributed by atoms with Gasteiger partial charge in [-0.05, 0) is 0 Å². The summed E-state index contributed by atoms with van der Waals surface area (Å²) >= 11 is 0. The molecule has 8 nitrogen and oxygen atoms in total. The van der Waals surface area contributed by atoms with E-state index in [2.05, 4.69) is 0 Å². The van der Waals surface area contributed by atoms with Crippen molar-refractivity contribution in [2.24, 2.45) is 0 Å². The van der Waals surface area contributed by atoms with E-state index in [1.807, 2.05) is 0 Å². The van der Waals surface area contributed by atoms with Crippen LogP contribution >= 0.6 is 7.51 Å². The Labute approximate surface area is 122 Å². The molecule has 2 rings (SSSR count). The quantitative estimate of drug-likeness (QED) is 0.425. The van der Waals surface area contributed by atoms with Crippen LogP contribution in [-0.2, 0) is 37.2 Å². The molecular formula is C12H19O8P. The number of carbonyl (C=O) groups is 2. The Morgan fingerprint density at radius 1 is 0.952 bits per heavy atom. The summed E-state index contributed by atoms with van der Waals surface area (Å²) in [5.74, 6) is -1.48. The first-order valence-corrected chi connectivity index (χ1v) is 8.65. The van der Waals surface area contributed by atoms with Crippen molar-refractivity contribution in [3.63, 3.8) is 0 Å². The van der Waals surface area contributed by atoms with Gasteiger partial charge in [0, 0.05) is 0 Å². The molecule has 0 unspecified atom stereocenters. The van der Waals surface area contributed by atoms with Gasteiger partial charge in [-0.25, -0.2) is 0 Å². The van der Waals surface area contributed by atoms with Crippen LogP contribution in [0, 0.1) is 0 Å². The molecule has 2 aliphatic heterocycles. The zero-order valence-electron chi connectivity index (χ0n) is 12.0. The van der Waals surface area contributed by atoms with Crippen molar-refractivity contribution in [2.45, 2.75) is 13.8 Å². The second kappa shape index (κ2) is 6.37. The molecule has 0 aromatic rings. The Morgan fingerprint density at radius 2 is 1.43 bits per heavy atom. The zero-order chi connectivity index (χ0) is 15.4. The summed E-state index contributed by atoms with van der Waals surface area (Å²) in [7, 11) is -4.24. The van der Waals surface area contributed by atoms with Crippen molar-refractivity contribution >= 4 is 19.4 Å². The second-order valence-electron chi connectivity index (χ2n) is 4.15. The maximum absolute atomic E-state index is 12.2. The van der Waals surface area contributed by atoms with E-state index in [1.165, 1.54) is 0 Å². The summed E-state index contributed by atoms with van der Waals surface area (Å²) in [4.78, 5) is 24.0. The van der Waals surface area contributed by atoms with Crippen LogP contribution in [0.15, 0.2) is 11.4 Å². The molecule has 2 heterocycles. The van der Waals surface area contributed by atoms with E-state index in [-0.39, 0.29) is 45.0 Å². The summed E-state index contributed by atoms with van der Waals surface area (Å²) in [6.45, 7) is 4.43. The number of esters is 2. The molecular weight excluding hydrogens is 303 g/mol. The molecule has 2 saturated heterocycles. The standard InChI is InChI=1S/C12H19O8P/c1-3-15-11(13)9-10(12(14)16-4-2)21(17-5-6-18-21)19-7-8-20-21/h9H,3-8H2,1-2H3/b10-9+. The molecule has 0 aromatic heterocycles. The van der Waals surface area contributed by atoms with Gasteiger partial charge in [-0.3, -0.25) is 0 Å². The zero-order valence-corrected chi connectivity index (χ0v) is 12.9. The molecule has 0 aliphatic carbocycles. The van der Waals surface area contributed by atoms with E-state index in [0.717, 1.165) is 6.08 Å². The molecule has 2 aliphatic rings. The van der Waals surface area contributed by atoms with Crippen LogP contribution in [-0.4, -0.2) is 51.6 Å². The fourth-order valence-corrected chi connectivity index (χ4v) is 5.33. The number of hydrogen-bond acceptors (Lipinski definition) is 8. The van der Waals surface area contributed by atoms with Crippen LogP contribution in [0.2, 0.25) is 0 Å². The molecule has 21 heavy (non-hydrogen) atoms. The average molecular weight is 322 g/mol. The van der Waals surface area contributed by atoms with Gasteiger partial charge in [-0.15, -0.1) is 0 Å². The minimum atomic E-state index is -4.24. The first-order chi connectivity index (χ1) is 10.1. The normalized spacial score (nSPS) is 25.2. The SMILES string of the molecule is CCOC(=O)/C=C(\C(=O)OCC)P12(OCCO1)OCCO2. The molecule has 0 atom stereocenters. The van der Waals surface area contributed by atoms with Crippen molar-refractivity contribution in [1.29, 1.82) is 0 Å². The molecule has 120 valence electrons.